The van der Waals surface area contributed by atoms with E-state index in [1.807, 2.05) is 0 Å². The smallest absolute Gasteiger partial charge is 0.134 e. The highest BCUT2D eigenvalue weighted by Crippen LogP contribution is 2.23. The Balaban J connectivity index is 2.86. The fourth-order valence-corrected chi connectivity index (χ4v) is 0.862. The van der Waals surface area contributed by atoms with Crippen LogP contribution in [0.1, 0.15) is 5.56 Å². The van der Waals surface area contributed by atoms with E-state index in [1.165, 1.54) is 6.07 Å². The van der Waals surface area contributed by atoms with E-state index in [0.717, 1.165) is 5.56 Å². The average Bonchev–Trinajstić information content (AvgIpc) is 1.98. The molecule has 3 N–H and O–H groups in total. The van der Waals surface area contributed by atoms with Crippen molar-refractivity contribution in [3.8, 4) is 5.75 Å². The molecular weight excluding hydrogens is 166 g/mol. The second kappa shape index (κ2) is 3.57. The SMILES string of the molecule is NOCc1ccc(Cl)c(O)c1. The lowest BCUT2D eigenvalue weighted by Gasteiger charge is -2.00. The van der Waals surface area contributed by atoms with E-state index < -0.39 is 0 Å². The van der Waals surface area contributed by atoms with Crippen LogP contribution in [0, 0.1) is 0 Å². The highest BCUT2D eigenvalue weighted by Gasteiger charge is 1.98. The van der Waals surface area contributed by atoms with Crippen LogP contribution < -0.4 is 5.90 Å². The van der Waals surface area contributed by atoms with Gasteiger partial charge in [0.05, 0.1) is 11.6 Å². The van der Waals surface area contributed by atoms with Gasteiger partial charge in [-0.25, -0.2) is 5.90 Å². The van der Waals surface area contributed by atoms with Crippen LogP contribution in [0.4, 0.5) is 0 Å². The third kappa shape index (κ3) is 2.08. The Bertz CT molecular complexity index is 252. The number of phenolic OH excluding ortho intramolecular Hbond substituents is 1. The van der Waals surface area contributed by atoms with Crippen molar-refractivity contribution in [2.75, 3.05) is 0 Å². The first kappa shape index (κ1) is 8.33. The second-order valence-corrected chi connectivity index (χ2v) is 2.50. The summed E-state index contributed by atoms with van der Waals surface area (Å²) < 4.78 is 0. The summed E-state index contributed by atoms with van der Waals surface area (Å²) in [6, 6.07) is 4.83. The highest BCUT2D eigenvalue weighted by molar-refractivity contribution is 6.31. The van der Waals surface area contributed by atoms with Gasteiger partial charge in [-0.3, -0.25) is 4.84 Å². The maximum Gasteiger partial charge on any atom is 0.134 e. The number of phenols is 1. The Morgan fingerprint density at radius 2 is 2.27 bits per heavy atom. The van der Waals surface area contributed by atoms with Crippen molar-refractivity contribution in [2.24, 2.45) is 5.90 Å². The van der Waals surface area contributed by atoms with Crippen LogP contribution in [0.15, 0.2) is 18.2 Å². The van der Waals surface area contributed by atoms with Gasteiger partial charge in [0.2, 0.25) is 0 Å². The van der Waals surface area contributed by atoms with Gasteiger partial charge in [-0.15, -0.1) is 0 Å². The van der Waals surface area contributed by atoms with E-state index in [1.54, 1.807) is 12.1 Å². The Labute approximate surface area is 69.3 Å². The molecule has 0 aliphatic heterocycles. The van der Waals surface area contributed by atoms with E-state index in [0.29, 0.717) is 5.02 Å². The van der Waals surface area contributed by atoms with E-state index in [2.05, 4.69) is 4.84 Å². The molecule has 0 atom stereocenters. The first-order valence-electron chi connectivity index (χ1n) is 3.03. The Morgan fingerprint density at radius 1 is 1.55 bits per heavy atom. The maximum atomic E-state index is 9.10. The van der Waals surface area contributed by atoms with Crippen molar-refractivity contribution < 1.29 is 9.94 Å². The zero-order valence-corrected chi connectivity index (χ0v) is 6.51. The third-order valence-corrected chi connectivity index (χ3v) is 1.58. The van der Waals surface area contributed by atoms with Gasteiger partial charge in [-0.05, 0) is 17.7 Å². The molecule has 0 aliphatic rings. The van der Waals surface area contributed by atoms with Gasteiger partial charge >= 0.3 is 0 Å². The lowest BCUT2D eigenvalue weighted by molar-refractivity contribution is 0.124. The first-order valence-corrected chi connectivity index (χ1v) is 3.41. The number of rotatable bonds is 2. The Kier molecular flexibility index (Phi) is 2.70. The summed E-state index contributed by atoms with van der Waals surface area (Å²) in [5, 5.41) is 9.42. The fourth-order valence-electron chi connectivity index (χ4n) is 0.744. The predicted octanol–water partition coefficient (Wildman–Crippen LogP) is 1.44. The molecule has 3 nitrogen and oxygen atoms in total. The molecule has 1 rings (SSSR count). The van der Waals surface area contributed by atoms with Gasteiger partial charge in [0.1, 0.15) is 5.75 Å². The van der Waals surface area contributed by atoms with Crippen molar-refractivity contribution in [3.05, 3.63) is 28.8 Å². The summed E-state index contributed by atoms with van der Waals surface area (Å²) in [7, 11) is 0. The molecule has 0 aromatic heterocycles. The van der Waals surface area contributed by atoms with E-state index in [4.69, 9.17) is 22.6 Å². The summed E-state index contributed by atoms with van der Waals surface area (Å²) in [5.41, 5.74) is 0.786. The number of halogens is 1. The fraction of sp³-hybridized carbons (Fsp3) is 0.143. The predicted molar refractivity (Wildman–Crippen MR) is 42.1 cm³/mol. The molecule has 1 aromatic rings. The topological polar surface area (TPSA) is 55.5 Å². The van der Waals surface area contributed by atoms with Crippen LogP contribution >= 0.6 is 11.6 Å². The molecule has 0 bridgehead atoms. The number of aromatic hydroxyl groups is 1. The zero-order valence-electron chi connectivity index (χ0n) is 5.75. The van der Waals surface area contributed by atoms with Crippen molar-refractivity contribution >= 4 is 11.6 Å². The Morgan fingerprint density at radius 3 is 2.82 bits per heavy atom. The second-order valence-electron chi connectivity index (χ2n) is 2.10. The summed E-state index contributed by atoms with van der Waals surface area (Å²) in [6.07, 6.45) is 0. The average molecular weight is 174 g/mol. The van der Waals surface area contributed by atoms with Crippen molar-refractivity contribution in [3.63, 3.8) is 0 Å². The first-order chi connectivity index (χ1) is 5.24. The number of benzene rings is 1. The third-order valence-electron chi connectivity index (χ3n) is 1.26. The quantitative estimate of drug-likeness (QED) is 0.666. The maximum absolute atomic E-state index is 9.10. The summed E-state index contributed by atoms with van der Waals surface area (Å²) in [4.78, 5) is 4.37. The van der Waals surface area contributed by atoms with Gasteiger partial charge in [0, 0.05) is 0 Å². The van der Waals surface area contributed by atoms with Crippen LogP contribution in [-0.2, 0) is 11.4 Å². The minimum atomic E-state index is 0.0428. The van der Waals surface area contributed by atoms with Gasteiger partial charge in [0.15, 0.2) is 0 Å². The molecule has 0 spiro atoms. The standard InChI is InChI=1S/C7H8ClNO2/c8-6-2-1-5(4-11-9)3-7(6)10/h1-3,10H,4,9H2. The van der Waals surface area contributed by atoms with Gasteiger partial charge in [0.25, 0.3) is 0 Å². The van der Waals surface area contributed by atoms with Crippen LogP contribution in [0.25, 0.3) is 0 Å². The van der Waals surface area contributed by atoms with Crippen LogP contribution in [-0.4, -0.2) is 5.11 Å². The van der Waals surface area contributed by atoms with Crippen molar-refractivity contribution in [1.82, 2.24) is 0 Å². The van der Waals surface area contributed by atoms with Crippen LogP contribution in [0.5, 0.6) is 5.75 Å². The van der Waals surface area contributed by atoms with Crippen LogP contribution in [0.3, 0.4) is 0 Å². The Hall–Kier alpha value is -0.770. The number of nitrogens with two attached hydrogens (primary N) is 1. The van der Waals surface area contributed by atoms with E-state index in [9.17, 15) is 0 Å². The molecule has 11 heavy (non-hydrogen) atoms. The molecule has 0 radical (unpaired) electrons. The molecule has 0 amide bonds. The summed E-state index contributed by atoms with van der Waals surface area (Å²) in [6.45, 7) is 0.269. The largest absolute Gasteiger partial charge is 0.506 e. The van der Waals surface area contributed by atoms with E-state index >= 15 is 0 Å². The molecule has 60 valence electrons. The molecule has 0 aliphatic carbocycles. The van der Waals surface area contributed by atoms with Crippen molar-refractivity contribution in [1.29, 1.82) is 0 Å². The lowest BCUT2D eigenvalue weighted by atomic mass is 10.2. The minimum absolute atomic E-state index is 0.0428. The lowest BCUT2D eigenvalue weighted by Crippen LogP contribution is -1.98. The summed E-state index contributed by atoms with van der Waals surface area (Å²) >= 11 is 5.56. The summed E-state index contributed by atoms with van der Waals surface area (Å²) in [5.74, 6) is 4.88. The number of hydrogen-bond acceptors (Lipinski definition) is 3. The normalized spacial score (nSPS) is 10.0. The molecular formula is C7H8ClNO2. The molecule has 1 aromatic carbocycles. The monoisotopic (exact) mass is 173 g/mol. The molecule has 0 fully saturated rings. The molecule has 0 unspecified atom stereocenters. The zero-order chi connectivity index (χ0) is 8.27. The number of hydrogen-bond donors (Lipinski definition) is 2. The molecule has 0 heterocycles. The minimum Gasteiger partial charge on any atom is -0.506 e. The van der Waals surface area contributed by atoms with E-state index in [-0.39, 0.29) is 12.4 Å². The van der Waals surface area contributed by atoms with Gasteiger partial charge in [-0.2, -0.15) is 0 Å². The molecule has 0 saturated heterocycles. The van der Waals surface area contributed by atoms with Gasteiger partial charge in [-0.1, -0.05) is 17.7 Å². The molecule has 0 saturated carbocycles. The molecule has 4 heteroatoms. The van der Waals surface area contributed by atoms with Crippen molar-refractivity contribution in [2.45, 2.75) is 6.61 Å². The van der Waals surface area contributed by atoms with Gasteiger partial charge < -0.3 is 5.11 Å². The van der Waals surface area contributed by atoms with Crippen LogP contribution in [0.2, 0.25) is 5.02 Å². The highest BCUT2D eigenvalue weighted by atomic mass is 35.5.